The van der Waals surface area contributed by atoms with E-state index < -0.39 is 0 Å². The number of benzene rings is 1. The minimum Gasteiger partial charge on any atom is -0.497 e. The van der Waals surface area contributed by atoms with Crippen LogP contribution in [0.2, 0.25) is 0 Å². The van der Waals surface area contributed by atoms with Crippen LogP contribution in [0.4, 0.5) is 0 Å². The highest BCUT2D eigenvalue weighted by Crippen LogP contribution is 2.31. The van der Waals surface area contributed by atoms with Crippen molar-refractivity contribution < 1.29 is 4.74 Å². The number of aromatic nitrogens is 2. The van der Waals surface area contributed by atoms with Gasteiger partial charge >= 0.3 is 0 Å². The molecule has 0 amide bonds. The Bertz CT molecular complexity index is 650. The average Bonchev–Trinajstić information content (AvgIpc) is 2.97. The van der Waals surface area contributed by atoms with Crippen LogP contribution >= 0.6 is 0 Å². The first-order chi connectivity index (χ1) is 8.29. The summed E-state index contributed by atoms with van der Waals surface area (Å²) in [6.45, 7) is 0. The lowest BCUT2D eigenvalue weighted by Crippen LogP contribution is -1.84. The fourth-order valence-electron chi connectivity index (χ4n) is 2.21. The first-order valence-corrected chi connectivity index (χ1v) is 5.56. The number of hydrogen-bond donors (Lipinski definition) is 1. The van der Waals surface area contributed by atoms with Crippen LogP contribution in [0.15, 0.2) is 42.7 Å². The van der Waals surface area contributed by atoms with Gasteiger partial charge in [0.05, 0.1) is 7.11 Å². The zero-order chi connectivity index (χ0) is 11.8. The van der Waals surface area contributed by atoms with Crippen LogP contribution in [0.25, 0.3) is 22.2 Å². The number of methoxy groups -OCH3 is 1. The van der Waals surface area contributed by atoms with E-state index in [1.54, 1.807) is 7.11 Å². The normalized spacial score (nSPS) is 10.9. The largest absolute Gasteiger partial charge is 0.497 e. The summed E-state index contributed by atoms with van der Waals surface area (Å²) < 4.78 is 7.41. The summed E-state index contributed by atoms with van der Waals surface area (Å²) in [5.41, 5.74) is 3.53. The van der Waals surface area contributed by atoms with E-state index in [0.29, 0.717) is 0 Å². The Morgan fingerprint density at radius 3 is 2.82 bits per heavy atom. The molecular formula is C14H14N2O. The smallest absolute Gasteiger partial charge is 0.119 e. The summed E-state index contributed by atoms with van der Waals surface area (Å²) in [5, 5.41) is 1.20. The van der Waals surface area contributed by atoms with Gasteiger partial charge in [-0.15, -0.1) is 0 Å². The summed E-state index contributed by atoms with van der Waals surface area (Å²) in [6.07, 6.45) is 4.07. The van der Waals surface area contributed by atoms with E-state index in [-0.39, 0.29) is 0 Å². The van der Waals surface area contributed by atoms with E-state index in [1.165, 1.54) is 16.5 Å². The molecule has 3 heteroatoms. The third kappa shape index (κ3) is 1.51. The van der Waals surface area contributed by atoms with E-state index in [2.05, 4.69) is 41.0 Å². The van der Waals surface area contributed by atoms with Gasteiger partial charge in [0.2, 0.25) is 0 Å². The third-order valence-electron chi connectivity index (χ3n) is 3.08. The molecular weight excluding hydrogens is 212 g/mol. The SMILES string of the molecule is COc1ccc2c(c1)c(-c1ccc[nH]1)cn2C. The zero-order valence-corrected chi connectivity index (χ0v) is 9.90. The van der Waals surface area contributed by atoms with E-state index in [0.717, 1.165) is 11.4 Å². The number of aryl methyl sites for hydroxylation is 1. The standard InChI is InChI=1S/C14H14N2O/c1-16-9-12(13-4-3-7-15-13)11-8-10(17-2)5-6-14(11)16/h3-9,15H,1-2H3. The molecule has 0 aliphatic heterocycles. The van der Waals surface area contributed by atoms with Crippen LogP contribution in [0.1, 0.15) is 0 Å². The highest BCUT2D eigenvalue weighted by molar-refractivity contribution is 5.96. The van der Waals surface area contributed by atoms with Gasteiger partial charge in [0.1, 0.15) is 5.75 Å². The van der Waals surface area contributed by atoms with Crippen molar-refractivity contribution in [1.29, 1.82) is 0 Å². The average molecular weight is 226 g/mol. The molecule has 0 aliphatic rings. The van der Waals surface area contributed by atoms with Gasteiger partial charge in [0.25, 0.3) is 0 Å². The van der Waals surface area contributed by atoms with Crippen molar-refractivity contribution in [2.75, 3.05) is 7.11 Å². The minimum atomic E-state index is 0.886. The van der Waals surface area contributed by atoms with Crippen molar-refractivity contribution >= 4 is 10.9 Å². The van der Waals surface area contributed by atoms with Crippen molar-refractivity contribution in [2.45, 2.75) is 0 Å². The lowest BCUT2D eigenvalue weighted by molar-refractivity contribution is 0.415. The molecule has 86 valence electrons. The number of H-pyrrole nitrogens is 1. The summed E-state index contributed by atoms with van der Waals surface area (Å²) in [6, 6.07) is 10.2. The Hall–Kier alpha value is -2.16. The molecule has 3 aromatic rings. The Balaban J connectivity index is 2.31. The molecule has 0 fully saturated rings. The second kappa shape index (κ2) is 3.70. The van der Waals surface area contributed by atoms with Crippen molar-refractivity contribution in [3.05, 3.63) is 42.7 Å². The molecule has 0 saturated carbocycles. The maximum absolute atomic E-state index is 5.28. The van der Waals surface area contributed by atoms with Gasteiger partial charge < -0.3 is 14.3 Å². The van der Waals surface area contributed by atoms with E-state index in [9.17, 15) is 0 Å². The van der Waals surface area contributed by atoms with Gasteiger partial charge in [-0.3, -0.25) is 0 Å². The van der Waals surface area contributed by atoms with Gasteiger partial charge in [-0.05, 0) is 30.3 Å². The highest BCUT2D eigenvalue weighted by atomic mass is 16.5. The quantitative estimate of drug-likeness (QED) is 0.714. The molecule has 0 radical (unpaired) electrons. The molecule has 0 saturated heterocycles. The van der Waals surface area contributed by atoms with Crippen molar-refractivity contribution in [1.82, 2.24) is 9.55 Å². The van der Waals surface area contributed by atoms with Crippen LogP contribution < -0.4 is 4.74 Å². The molecule has 3 nitrogen and oxygen atoms in total. The molecule has 17 heavy (non-hydrogen) atoms. The summed E-state index contributed by atoms with van der Waals surface area (Å²) in [5.74, 6) is 0.886. The molecule has 0 unspecified atom stereocenters. The molecule has 0 spiro atoms. The molecule has 2 aromatic heterocycles. The van der Waals surface area contributed by atoms with Crippen LogP contribution in [0.5, 0.6) is 5.75 Å². The maximum atomic E-state index is 5.28. The Labute approximate surface area is 99.6 Å². The minimum absolute atomic E-state index is 0.886. The van der Waals surface area contributed by atoms with E-state index in [1.807, 2.05) is 18.3 Å². The third-order valence-corrected chi connectivity index (χ3v) is 3.08. The molecule has 2 heterocycles. The van der Waals surface area contributed by atoms with Crippen LogP contribution in [-0.4, -0.2) is 16.7 Å². The fraction of sp³-hybridized carbons (Fsp3) is 0.143. The van der Waals surface area contributed by atoms with Crippen LogP contribution in [0, 0.1) is 0 Å². The Morgan fingerprint density at radius 1 is 1.24 bits per heavy atom. The second-order valence-electron chi connectivity index (χ2n) is 4.12. The van der Waals surface area contributed by atoms with Gasteiger partial charge in [-0.25, -0.2) is 0 Å². The summed E-state index contributed by atoms with van der Waals surface area (Å²) >= 11 is 0. The number of nitrogens with zero attached hydrogens (tertiary/aromatic N) is 1. The number of aromatic amines is 1. The molecule has 0 atom stereocenters. The summed E-state index contributed by atoms with van der Waals surface area (Å²) in [7, 11) is 3.75. The zero-order valence-electron chi connectivity index (χ0n) is 9.90. The number of nitrogens with one attached hydrogen (secondary N) is 1. The predicted molar refractivity (Wildman–Crippen MR) is 69.3 cm³/mol. The first kappa shape index (κ1) is 10.0. The van der Waals surface area contributed by atoms with Crippen molar-refractivity contribution in [2.24, 2.45) is 7.05 Å². The monoisotopic (exact) mass is 226 g/mol. The number of rotatable bonds is 2. The van der Waals surface area contributed by atoms with E-state index in [4.69, 9.17) is 4.74 Å². The molecule has 3 rings (SSSR count). The van der Waals surface area contributed by atoms with E-state index >= 15 is 0 Å². The predicted octanol–water partition coefficient (Wildman–Crippen LogP) is 3.18. The number of hydrogen-bond acceptors (Lipinski definition) is 1. The van der Waals surface area contributed by atoms with Gasteiger partial charge in [0, 0.05) is 41.6 Å². The lowest BCUT2D eigenvalue weighted by Gasteiger charge is -2.01. The summed E-state index contributed by atoms with van der Waals surface area (Å²) in [4.78, 5) is 3.24. The second-order valence-corrected chi connectivity index (χ2v) is 4.12. The highest BCUT2D eigenvalue weighted by Gasteiger charge is 2.09. The number of fused-ring (bicyclic) bond motifs is 1. The lowest BCUT2D eigenvalue weighted by atomic mass is 10.1. The Kier molecular flexibility index (Phi) is 2.18. The van der Waals surface area contributed by atoms with Gasteiger partial charge in [-0.1, -0.05) is 0 Å². The molecule has 0 aliphatic carbocycles. The number of ether oxygens (including phenoxy) is 1. The van der Waals surface area contributed by atoms with Crippen molar-refractivity contribution in [3.63, 3.8) is 0 Å². The molecule has 1 N–H and O–H groups in total. The maximum Gasteiger partial charge on any atom is 0.119 e. The van der Waals surface area contributed by atoms with Crippen LogP contribution in [-0.2, 0) is 7.05 Å². The van der Waals surface area contributed by atoms with Crippen molar-refractivity contribution in [3.8, 4) is 17.0 Å². The van der Waals surface area contributed by atoms with Crippen LogP contribution in [0.3, 0.4) is 0 Å². The molecule has 1 aromatic carbocycles. The molecule has 0 bridgehead atoms. The fourth-order valence-corrected chi connectivity index (χ4v) is 2.21. The Morgan fingerprint density at radius 2 is 2.12 bits per heavy atom. The topological polar surface area (TPSA) is 29.9 Å². The van der Waals surface area contributed by atoms with Gasteiger partial charge in [0.15, 0.2) is 0 Å². The first-order valence-electron chi connectivity index (χ1n) is 5.56. The van der Waals surface area contributed by atoms with Gasteiger partial charge in [-0.2, -0.15) is 0 Å².